The quantitative estimate of drug-likeness (QED) is 0.763. The van der Waals surface area contributed by atoms with Crippen molar-refractivity contribution in [3.05, 3.63) is 77.9 Å². The van der Waals surface area contributed by atoms with Crippen molar-refractivity contribution < 1.29 is 9.59 Å². The third kappa shape index (κ3) is 2.97. The second-order valence-electron chi connectivity index (χ2n) is 6.32. The highest BCUT2D eigenvalue weighted by molar-refractivity contribution is 5.99. The van der Waals surface area contributed by atoms with Crippen molar-refractivity contribution in [2.75, 3.05) is 5.32 Å². The first-order valence-electron chi connectivity index (χ1n) is 8.43. The van der Waals surface area contributed by atoms with Gasteiger partial charge in [0.1, 0.15) is 5.69 Å². The number of fused-ring (bicyclic) bond motifs is 1. The van der Waals surface area contributed by atoms with Gasteiger partial charge in [-0.05, 0) is 36.2 Å². The Bertz CT molecular complexity index is 978. The summed E-state index contributed by atoms with van der Waals surface area (Å²) in [7, 11) is 0. The maximum Gasteiger partial charge on any atom is 0.270 e. The van der Waals surface area contributed by atoms with Gasteiger partial charge in [0.15, 0.2) is 0 Å². The molecule has 4 rings (SSSR count). The van der Waals surface area contributed by atoms with E-state index in [0.29, 0.717) is 12.1 Å². The molecule has 6 nitrogen and oxygen atoms in total. The zero-order valence-corrected chi connectivity index (χ0v) is 14.3. The van der Waals surface area contributed by atoms with Gasteiger partial charge in [0.05, 0.1) is 25.0 Å². The monoisotopic (exact) mass is 346 g/mol. The number of benzene rings is 2. The van der Waals surface area contributed by atoms with E-state index in [9.17, 15) is 9.59 Å². The molecule has 26 heavy (non-hydrogen) atoms. The molecular weight excluding hydrogens is 328 g/mol. The van der Waals surface area contributed by atoms with Crippen LogP contribution in [0.1, 0.15) is 34.6 Å². The number of imidazole rings is 1. The number of nitrogens with zero attached hydrogens (tertiary/aromatic N) is 2. The number of amides is 2. The Hall–Kier alpha value is -3.41. The Balaban J connectivity index is 1.54. The Morgan fingerprint density at radius 2 is 2.04 bits per heavy atom. The molecule has 2 N–H and O–H groups in total. The summed E-state index contributed by atoms with van der Waals surface area (Å²) >= 11 is 0. The molecule has 0 aliphatic carbocycles. The van der Waals surface area contributed by atoms with Crippen LogP contribution in [-0.4, -0.2) is 21.4 Å². The minimum atomic E-state index is -0.200. The molecule has 1 aliphatic heterocycles. The topological polar surface area (TPSA) is 76.0 Å². The summed E-state index contributed by atoms with van der Waals surface area (Å²) in [6.45, 7) is 1.92. The Kier molecular flexibility index (Phi) is 4.01. The summed E-state index contributed by atoms with van der Waals surface area (Å²) in [5.41, 5.74) is 4.12. The summed E-state index contributed by atoms with van der Waals surface area (Å²) in [4.78, 5) is 28.3. The molecule has 130 valence electrons. The van der Waals surface area contributed by atoms with Gasteiger partial charge >= 0.3 is 0 Å². The number of carbonyl (C=O) groups is 2. The number of hydrogen-bond acceptors (Lipinski definition) is 3. The van der Waals surface area contributed by atoms with E-state index in [1.165, 1.54) is 0 Å². The highest BCUT2D eigenvalue weighted by Crippen LogP contribution is 2.26. The number of carbonyl (C=O) groups excluding carboxylic acids is 2. The van der Waals surface area contributed by atoms with Crippen LogP contribution in [0.5, 0.6) is 0 Å². The molecule has 2 aromatic carbocycles. The Morgan fingerprint density at radius 3 is 2.85 bits per heavy atom. The zero-order chi connectivity index (χ0) is 18.1. The predicted molar refractivity (Wildman–Crippen MR) is 98.2 cm³/mol. The van der Waals surface area contributed by atoms with Crippen LogP contribution < -0.4 is 10.6 Å². The third-order valence-electron chi connectivity index (χ3n) is 4.51. The van der Waals surface area contributed by atoms with E-state index in [1.807, 2.05) is 55.5 Å². The van der Waals surface area contributed by atoms with Crippen molar-refractivity contribution in [3.8, 4) is 5.69 Å². The van der Waals surface area contributed by atoms with Gasteiger partial charge in [0, 0.05) is 11.4 Å². The maximum atomic E-state index is 12.7. The molecule has 2 amide bonds. The Morgan fingerprint density at radius 1 is 1.23 bits per heavy atom. The number of nitrogens with one attached hydrogen (secondary N) is 2. The second kappa shape index (κ2) is 6.48. The van der Waals surface area contributed by atoms with Crippen LogP contribution in [-0.2, 0) is 11.2 Å². The molecule has 2 heterocycles. The molecule has 0 spiro atoms. The largest absolute Gasteiger partial charge is 0.344 e. The van der Waals surface area contributed by atoms with Crippen molar-refractivity contribution in [2.24, 2.45) is 0 Å². The molecule has 0 fully saturated rings. The Labute approximate surface area is 150 Å². The molecule has 1 aromatic heterocycles. The lowest BCUT2D eigenvalue weighted by Gasteiger charge is -2.16. The minimum absolute atomic E-state index is 0.000557. The molecule has 1 aliphatic rings. The van der Waals surface area contributed by atoms with Gasteiger partial charge in [-0.25, -0.2) is 4.98 Å². The van der Waals surface area contributed by atoms with Crippen molar-refractivity contribution >= 4 is 17.5 Å². The van der Waals surface area contributed by atoms with Crippen LogP contribution in [0.4, 0.5) is 5.69 Å². The van der Waals surface area contributed by atoms with Gasteiger partial charge in [0.25, 0.3) is 5.91 Å². The molecule has 0 unspecified atom stereocenters. The molecular formula is C20H18N4O2. The van der Waals surface area contributed by atoms with Crippen molar-refractivity contribution in [1.82, 2.24) is 14.9 Å². The molecule has 0 bridgehead atoms. The fourth-order valence-corrected chi connectivity index (χ4v) is 3.13. The number of rotatable bonds is 4. The second-order valence-corrected chi connectivity index (χ2v) is 6.32. The number of hydrogen-bond donors (Lipinski definition) is 2. The molecule has 6 heteroatoms. The summed E-state index contributed by atoms with van der Waals surface area (Å²) in [6, 6.07) is 15.2. The minimum Gasteiger partial charge on any atom is -0.344 e. The molecule has 0 saturated heterocycles. The van der Waals surface area contributed by atoms with Gasteiger partial charge < -0.3 is 10.6 Å². The lowest BCUT2D eigenvalue weighted by Crippen LogP contribution is -2.28. The third-order valence-corrected chi connectivity index (χ3v) is 4.51. The summed E-state index contributed by atoms with van der Waals surface area (Å²) in [5, 5.41) is 5.82. The van der Waals surface area contributed by atoms with Crippen molar-refractivity contribution in [2.45, 2.75) is 19.4 Å². The number of anilines is 1. The highest BCUT2D eigenvalue weighted by atomic mass is 16.2. The summed E-state index contributed by atoms with van der Waals surface area (Å²) in [6.07, 6.45) is 3.56. The lowest BCUT2D eigenvalue weighted by atomic mass is 10.0. The fourth-order valence-electron chi connectivity index (χ4n) is 3.13. The van der Waals surface area contributed by atoms with E-state index in [2.05, 4.69) is 15.6 Å². The van der Waals surface area contributed by atoms with E-state index in [1.54, 1.807) is 17.1 Å². The SMILES string of the molecule is C[C@H](NC(=O)c1cncn1-c1ccccc1)c1ccc2c(c1)CC(=O)N2. The van der Waals surface area contributed by atoms with Crippen molar-refractivity contribution in [1.29, 1.82) is 0 Å². The van der Waals surface area contributed by atoms with Crippen LogP contribution in [0.15, 0.2) is 61.1 Å². The average molecular weight is 346 g/mol. The molecule has 3 aromatic rings. The molecule has 0 saturated carbocycles. The van der Waals surface area contributed by atoms with Gasteiger partial charge in [-0.15, -0.1) is 0 Å². The molecule has 1 atom stereocenters. The number of para-hydroxylation sites is 1. The van der Waals surface area contributed by atoms with Crippen molar-refractivity contribution in [3.63, 3.8) is 0 Å². The van der Waals surface area contributed by atoms with E-state index in [-0.39, 0.29) is 17.9 Å². The van der Waals surface area contributed by atoms with E-state index in [4.69, 9.17) is 0 Å². The first-order chi connectivity index (χ1) is 12.6. The van der Waals surface area contributed by atoms with Crippen LogP contribution in [0.25, 0.3) is 5.69 Å². The molecule has 0 radical (unpaired) electrons. The average Bonchev–Trinajstić information content (AvgIpc) is 3.27. The highest BCUT2D eigenvalue weighted by Gasteiger charge is 2.20. The standard InChI is InChI=1S/C20H18N4O2/c1-13(14-7-8-17-15(9-14)10-19(25)23-17)22-20(26)18-11-21-12-24(18)16-5-3-2-4-6-16/h2-9,11-13H,10H2,1H3,(H,22,26)(H,23,25)/t13-/m0/s1. The van der Waals surface area contributed by atoms with Gasteiger partial charge in [0.2, 0.25) is 5.91 Å². The predicted octanol–water partition coefficient (Wildman–Crippen LogP) is 2.86. The zero-order valence-electron chi connectivity index (χ0n) is 14.3. The smallest absolute Gasteiger partial charge is 0.270 e. The maximum absolute atomic E-state index is 12.7. The fraction of sp³-hybridized carbons (Fsp3) is 0.150. The van der Waals surface area contributed by atoms with Gasteiger partial charge in [-0.3, -0.25) is 14.2 Å². The summed E-state index contributed by atoms with van der Waals surface area (Å²) < 4.78 is 1.76. The van der Waals surface area contributed by atoms with E-state index in [0.717, 1.165) is 22.5 Å². The summed E-state index contributed by atoms with van der Waals surface area (Å²) in [5.74, 6) is -0.200. The van der Waals surface area contributed by atoms with E-state index < -0.39 is 0 Å². The van der Waals surface area contributed by atoms with E-state index >= 15 is 0 Å². The lowest BCUT2D eigenvalue weighted by molar-refractivity contribution is -0.115. The number of aromatic nitrogens is 2. The van der Waals surface area contributed by atoms with Crippen LogP contribution in [0, 0.1) is 0 Å². The normalized spacial score (nSPS) is 13.8. The first kappa shape index (κ1) is 16.1. The van der Waals surface area contributed by atoms with Gasteiger partial charge in [-0.1, -0.05) is 30.3 Å². The van der Waals surface area contributed by atoms with Crippen LogP contribution >= 0.6 is 0 Å². The van der Waals surface area contributed by atoms with Crippen LogP contribution in [0.3, 0.4) is 0 Å². The van der Waals surface area contributed by atoms with Gasteiger partial charge in [-0.2, -0.15) is 0 Å². The van der Waals surface area contributed by atoms with Crippen LogP contribution in [0.2, 0.25) is 0 Å². The first-order valence-corrected chi connectivity index (χ1v) is 8.43.